The van der Waals surface area contributed by atoms with Crippen LogP contribution >= 0.6 is 11.6 Å². The summed E-state index contributed by atoms with van der Waals surface area (Å²) >= 11 is 6.23. The Balaban J connectivity index is 1.84. The molecule has 0 bridgehead atoms. The van der Waals surface area contributed by atoms with Crippen molar-refractivity contribution in [3.63, 3.8) is 0 Å². The largest absolute Gasteiger partial charge is 0.364 e. The van der Waals surface area contributed by atoms with Crippen molar-refractivity contribution in [2.45, 2.75) is 20.0 Å². The first-order chi connectivity index (χ1) is 12.6. The summed E-state index contributed by atoms with van der Waals surface area (Å²) in [6.07, 6.45) is 1.14. The molecule has 3 aromatic rings. The quantitative estimate of drug-likeness (QED) is 0.693. The molecule has 0 radical (unpaired) electrons. The van der Waals surface area contributed by atoms with Crippen LogP contribution < -0.4 is 5.32 Å². The van der Waals surface area contributed by atoms with Crippen molar-refractivity contribution in [1.82, 2.24) is 9.78 Å². The number of aryl methyl sites for hydroxylation is 1. The number of carbonyl (C=O) groups is 1. The van der Waals surface area contributed by atoms with Gasteiger partial charge in [-0.1, -0.05) is 54.1 Å². The molecular formula is C20H20ClN3O2. The molecule has 1 amide bonds. The van der Waals surface area contributed by atoms with E-state index in [1.165, 1.54) is 0 Å². The number of aromatic nitrogens is 2. The molecule has 0 saturated carbocycles. The van der Waals surface area contributed by atoms with E-state index in [1.807, 2.05) is 68.6 Å². The monoisotopic (exact) mass is 369 g/mol. The third-order valence-electron chi connectivity index (χ3n) is 3.91. The Labute approximate surface area is 157 Å². The Morgan fingerprint density at radius 2 is 1.88 bits per heavy atom. The molecule has 1 N–H and O–H groups in total. The van der Waals surface area contributed by atoms with Crippen LogP contribution in [0.2, 0.25) is 5.02 Å². The fourth-order valence-electron chi connectivity index (χ4n) is 2.64. The van der Waals surface area contributed by atoms with Crippen LogP contribution in [-0.4, -0.2) is 22.3 Å². The Morgan fingerprint density at radius 1 is 1.19 bits per heavy atom. The van der Waals surface area contributed by atoms with Crippen LogP contribution in [0.5, 0.6) is 0 Å². The Morgan fingerprint density at radius 3 is 2.58 bits per heavy atom. The van der Waals surface area contributed by atoms with E-state index in [1.54, 1.807) is 10.7 Å². The molecule has 0 spiro atoms. The van der Waals surface area contributed by atoms with E-state index < -0.39 is 6.10 Å². The molecule has 2 aromatic carbocycles. The summed E-state index contributed by atoms with van der Waals surface area (Å²) in [6, 6.07) is 16.8. The van der Waals surface area contributed by atoms with Crippen LogP contribution in [0.1, 0.15) is 24.2 Å². The van der Waals surface area contributed by atoms with Gasteiger partial charge in [0.2, 0.25) is 0 Å². The number of hydrogen-bond donors (Lipinski definition) is 1. The number of rotatable bonds is 6. The van der Waals surface area contributed by atoms with E-state index in [0.717, 1.165) is 16.8 Å². The Kier molecular flexibility index (Phi) is 5.71. The smallest absolute Gasteiger partial charge is 0.259 e. The number of hydrogen-bond acceptors (Lipinski definition) is 3. The molecule has 1 unspecified atom stereocenters. The maximum atomic E-state index is 12.8. The van der Waals surface area contributed by atoms with Gasteiger partial charge in [-0.05, 0) is 31.5 Å². The van der Waals surface area contributed by atoms with Crippen molar-refractivity contribution in [1.29, 1.82) is 0 Å². The Bertz CT molecular complexity index is 893. The fraction of sp³-hybridized carbons (Fsp3) is 0.200. The molecule has 5 nitrogen and oxygen atoms in total. The minimum atomic E-state index is -0.689. The maximum Gasteiger partial charge on any atom is 0.259 e. The third-order valence-corrected chi connectivity index (χ3v) is 4.23. The molecule has 3 rings (SSSR count). The lowest BCUT2D eigenvalue weighted by Crippen LogP contribution is -2.24. The van der Waals surface area contributed by atoms with Gasteiger partial charge in [-0.25, -0.2) is 4.68 Å². The van der Waals surface area contributed by atoms with Crippen LogP contribution in [0.25, 0.3) is 5.69 Å². The van der Waals surface area contributed by atoms with Gasteiger partial charge in [0.05, 0.1) is 10.7 Å². The molecular weight excluding hydrogens is 350 g/mol. The van der Waals surface area contributed by atoms with Gasteiger partial charge in [0.25, 0.3) is 5.91 Å². The number of nitrogens with one attached hydrogen (secondary N) is 1. The number of nitrogens with zero attached hydrogens (tertiary/aromatic N) is 2. The minimum absolute atomic E-state index is 0.259. The number of carbonyl (C=O) groups excluding carboxylic acids is 1. The van der Waals surface area contributed by atoms with Crippen molar-refractivity contribution in [2.75, 3.05) is 11.9 Å². The van der Waals surface area contributed by atoms with E-state index in [4.69, 9.17) is 16.3 Å². The van der Waals surface area contributed by atoms with Gasteiger partial charge in [-0.2, -0.15) is 0 Å². The van der Waals surface area contributed by atoms with Crippen molar-refractivity contribution >= 4 is 23.3 Å². The highest BCUT2D eigenvalue weighted by Gasteiger charge is 2.22. The molecule has 0 aliphatic rings. The molecule has 0 aliphatic heterocycles. The molecule has 26 heavy (non-hydrogen) atoms. The number of ether oxygens (including phenoxy) is 1. The van der Waals surface area contributed by atoms with Crippen molar-refractivity contribution in [2.24, 2.45) is 0 Å². The van der Waals surface area contributed by atoms with Gasteiger partial charge in [-0.15, -0.1) is 5.10 Å². The normalized spacial score (nSPS) is 12.0. The zero-order valence-electron chi connectivity index (χ0n) is 14.6. The predicted octanol–water partition coefficient (Wildman–Crippen LogP) is 4.55. The molecule has 1 atom stereocenters. The lowest BCUT2D eigenvalue weighted by molar-refractivity contribution is -0.127. The average molecular weight is 370 g/mol. The summed E-state index contributed by atoms with van der Waals surface area (Å²) in [7, 11) is 0. The summed E-state index contributed by atoms with van der Waals surface area (Å²) < 4.78 is 7.30. The van der Waals surface area contributed by atoms with Crippen LogP contribution in [0.15, 0.2) is 60.8 Å². The summed E-state index contributed by atoms with van der Waals surface area (Å²) in [5.74, 6) is 0.223. The first-order valence-corrected chi connectivity index (χ1v) is 8.76. The van der Waals surface area contributed by atoms with Gasteiger partial charge < -0.3 is 10.1 Å². The standard InChI is InChI=1S/C20H20ClN3O2/c1-3-26-18(15-9-5-4-6-10-15)20(25)22-19-14(2)13-24(23-19)17-12-8-7-11-16(17)21/h4-13,18H,3H2,1-2H3,(H,22,23,25). The first kappa shape index (κ1) is 18.2. The average Bonchev–Trinajstić information content (AvgIpc) is 3.01. The van der Waals surface area contributed by atoms with E-state index in [-0.39, 0.29) is 5.91 Å². The molecule has 0 aliphatic carbocycles. The van der Waals surface area contributed by atoms with Gasteiger partial charge in [-0.3, -0.25) is 4.79 Å². The topological polar surface area (TPSA) is 56.1 Å². The van der Waals surface area contributed by atoms with E-state index >= 15 is 0 Å². The second kappa shape index (κ2) is 8.17. The maximum absolute atomic E-state index is 12.8. The minimum Gasteiger partial charge on any atom is -0.364 e. The summed E-state index contributed by atoms with van der Waals surface area (Å²) in [4.78, 5) is 12.8. The van der Waals surface area contributed by atoms with Crippen molar-refractivity contribution in [3.05, 3.63) is 76.9 Å². The highest BCUT2D eigenvalue weighted by molar-refractivity contribution is 6.32. The summed E-state index contributed by atoms with van der Waals surface area (Å²) in [5.41, 5.74) is 2.39. The predicted molar refractivity (Wildman–Crippen MR) is 103 cm³/mol. The van der Waals surface area contributed by atoms with Gasteiger partial charge >= 0.3 is 0 Å². The van der Waals surface area contributed by atoms with E-state index in [2.05, 4.69) is 10.4 Å². The molecule has 134 valence electrons. The SMILES string of the molecule is CCOC(C(=O)Nc1nn(-c2ccccc2Cl)cc1C)c1ccccc1. The van der Waals surface area contributed by atoms with Crippen molar-refractivity contribution < 1.29 is 9.53 Å². The zero-order valence-corrected chi connectivity index (χ0v) is 15.4. The number of halogens is 1. The van der Waals surface area contributed by atoms with Crippen molar-refractivity contribution in [3.8, 4) is 5.69 Å². The van der Waals surface area contributed by atoms with Gasteiger partial charge in [0.15, 0.2) is 11.9 Å². The third kappa shape index (κ3) is 3.95. The number of anilines is 1. The summed E-state index contributed by atoms with van der Waals surface area (Å²) in [5, 5.41) is 7.91. The molecule has 0 saturated heterocycles. The first-order valence-electron chi connectivity index (χ1n) is 8.38. The second-order valence-electron chi connectivity index (χ2n) is 5.79. The van der Waals surface area contributed by atoms with Crippen LogP contribution in [0, 0.1) is 6.92 Å². The molecule has 1 heterocycles. The zero-order chi connectivity index (χ0) is 18.5. The molecule has 6 heteroatoms. The highest BCUT2D eigenvalue weighted by Crippen LogP contribution is 2.24. The van der Waals surface area contributed by atoms with Crippen LogP contribution in [-0.2, 0) is 9.53 Å². The number of para-hydroxylation sites is 1. The molecule has 1 aromatic heterocycles. The number of amides is 1. The van der Waals surface area contributed by atoms with Crippen LogP contribution in [0.4, 0.5) is 5.82 Å². The van der Waals surface area contributed by atoms with E-state index in [0.29, 0.717) is 17.4 Å². The summed E-state index contributed by atoms with van der Waals surface area (Å²) in [6.45, 7) is 4.18. The second-order valence-corrected chi connectivity index (χ2v) is 6.20. The highest BCUT2D eigenvalue weighted by atomic mass is 35.5. The molecule has 0 fully saturated rings. The van der Waals surface area contributed by atoms with Gasteiger partial charge in [0.1, 0.15) is 0 Å². The Hall–Kier alpha value is -2.63. The van der Waals surface area contributed by atoms with Gasteiger partial charge in [0, 0.05) is 18.4 Å². The fourth-order valence-corrected chi connectivity index (χ4v) is 2.87. The van der Waals surface area contributed by atoms with E-state index in [9.17, 15) is 4.79 Å². The number of benzene rings is 2. The van der Waals surface area contributed by atoms with Crippen LogP contribution in [0.3, 0.4) is 0 Å². The lowest BCUT2D eigenvalue weighted by Gasteiger charge is -2.16. The lowest BCUT2D eigenvalue weighted by atomic mass is 10.1.